The number of hydrogen-bond acceptors (Lipinski definition) is 2. The maximum Gasteiger partial charge on any atom is 0.337 e. The molecule has 0 bridgehead atoms. The van der Waals surface area contributed by atoms with Crippen molar-refractivity contribution in [1.29, 1.82) is 0 Å². The fourth-order valence-electron chi connectivity index (χ4n) is 1.02. The monoisotopic (exact) mass is 219 g/mol. The van der Waals surface area contributed by atoms with Crippen molar-refractivity contribution in [3.05, 3.63) is 45.6 Å². The zero-order valence-electron chi connectivity index (χ0n) is 8.01. The van der Waals surface area contributed by atoms with E-state index in [-0.39, 0.29) is 17.7 Å². The van der Waals surface area contributed by atoms with Crippen LogP contribution in [0.15, 0.2) is 23.3 Å². The fraction of sp³-hybridized carbons (Fsp3) is 0.100. The van der Waals surface area contributed by atoms with E-state index in [0.717, 1.165) is 6.07 Å². The summed E-state index contributed by atoms with van der Waals surface area (Å²) in [5.41, 5.74) is 7.56. The molecular weight excluding hydrogens is 213 g/mol. The fourth-order valence-corrected chi connectivity index (χ4v) is 1.02. The van der Waals surface area contributed by atoms with Crippen LogP contribution >= 0.6 is 0 Å². The highest BCUT2D eigenvalue weighted by molar-refractivity contribution is 5.90. The van der Waals surface area contributed by atoms with E-state index in [0.29, 0.717) is 0 Å². The number of carbonyl (C=O) groups is 1. The Balaban J connectivity index is 3.13. The number of halogens is 1. The van der Waals surface area contributed by atoms with Gasteiger partial charge >= 0.3 is 5.97 Å². The summed E-state index contributed by atoms with van der Waals surface area (Å²) in [5, 5.41) is 11.9. The standard InChI is InChI=1S/C10H6FN3O2/c11-9-5-1-3-8(10(15)16)7(9)4-2-6-13-14-12/h1,3,5H,6H2,(H,15,16). The second-order valence-electron chi connectivity index (χ2n) is 2.66. The summed E-state index contributed by atoms with van der Waals surface area (Å²) in [6.45, 7) is -0.135. The minimum atomic E-state index is -1.26. The molecule has 0 atom stereocenters. The average molecular weight is 219 g/mol. The summed E-state index contributed by atoms with van der Waals surface area (Å²) in [6, 6.07) is 3.66. The molecule has 1 aromatic carbocycles. The molecule has 0 radical (unpaired) electrons. The van der Waals surface area contributed by atoms with Crippen LogP contribution in [0.5, 0.6) is 0 Å². The van der Waals surface area contributed by atoms with E-state index in [1.165, 1.54) is 12.1 Å². The summed E-state index contributed by atoms with van der Waals surface area (Å²) in [7, 11) is 0. The molecule has 0 fully saturated rings. The highest BCUT2D eigenvalue weighted by Gasteiger charge is 2.11. The molecule has 0 unspecified atom stereocenters. The summed E-state index contributed by atoms with van der Waals surface area (Å²) in [6.07, 6.45) is 0. The Labute approximate surface area is 90.1 Å². The predicted octanol–water partition coefficient (Wildman–Crippen LogP) is 2.19. The van der Waals surface area contributed by atoms with Crippen LogP contribution in [0.3, 0.4) is 0 Å². The summed E-state index contributed by atoms with van der Waals surface area (Å²) in [4.78, 5) is 13.2. The molecule has 0 saturated carbocycles. The van der Waals surface area contributed by atoms with Crippen molar-refractivity contribution in [3.63, 3.8) is 0 Å². The van der Waals surface area contributed by atoms with Crippen molar-refractivity contribution in [2.75, 3.05) is 6.54 Å². The minimum absolute atomic E-state index is 0.135. The quantitative estimate of drug-likeness (QED) is 0.357. The van der Waals surface area contributed by atoms with Crippen LogP contribution in [-0.4, -0.2) is 17.6 Å². The molecule has 1 rings (SSSR count). The van der Waals surface area contributed by atoms with E-state index < -0.39 is 11.8 Å². The first kappa shape index (κ1) is 11.6. The Morgan fingerprint density at radius 2 is 2.38 bits per heavy atom. The molecule has 80 valence electrons. The molecule has 0 aliphatic carbocycles. The first-order valence-electron chi connectivity index (χ1n) is 4.18. The van der Waals surface area contributed by atoms with Crippen LogP contribution in [0.25, 0.3) is 10.4 Å². The molecule has 0 aliphatic rings. The summed E-state index contributed by atoms with van der Waals surface area (Å²) < 4.78 is 13.3. The largest absolute Gasteiger partial charge is 0.478 e. The number of benzene rings is 1. The number of hydrogen-bond donors (Lipinski definition) is 1. The molecule has 1 aromatic rings. The summed E-state index contributed by atoms with van der Waals surface area (Å²) >= 11 is 0. The Kier molecular flexibility index (Phi) is 3.90. The topological polar surface area (TPSA) is 86.1 Å². The molecule has 0 spiro atoms. The first-order chi connectivity index (χ1) is 7.66. The van der Waals surface area contributed by atoms with Gasteiger partial charge in [0.05, 0.1) is 17.7 Å². The van der Waals surface area contributed by atoms with Gasteiger partial charge in [-0.1, -0.05) is 23.0 Å². The number of rotatable bonds is 2. The Hall–Kier alpha value is -2.51. The van der Waals surface area contributed by atoms with Crippen LogP contribution in [-0.2, 0) is 0 Å². The van der Waals surface area contributed by atoms with Crippen molar-refractivity contribution in [2.24, 2.45) is 5.11 Å². The van der Waals surface area contributed by atoms with Crippen LogP contribution in [0.2, 0.25) is 0 Å². The number of carboxylic acids is 1. The smallest absolute Gasteiger partial charge is 0.337 e. The van der Waals surface area contributed by atoms with E-state index >= 15 is 0 Å². The first-order valence-corrected chi connectivity index (χ1v) is 4.18. The van der Waals surface area contributed by atoms with Gasteiger partial charge in [-0.3, -0.25) is 0 Å². The lowest BCUT2D eigenvalue weighted by atomic mass is 10.1. The molecule has 6 heteroatoms. The van der Waals surface area contributed by atoms with Crippen molar-refractivity contribution in [1.82, 2.24) is 0 Å². The van der Waals surface area contributed by atoms with Crippen molar-refractivity contribution in [2.45, 2.75) is 0 Å². The Morgan fingerprint density at radius 1 is 1.62 bits per heavy atom. The van der Waals surface area contributed by atoms with Crippen LogP contribution < -0.4 is 0 Å². The minimum Gasteiger partial charge on any atom is -0.478 e. The third-order valence-corrected chi connectivity index (χ3v) is 1.67. The van der Waals surface area contributed by atoms with E-state index in [1.54, 1.807) is 0 Å². The Morgan fingerprint density at radius 3 is 3.00 bits per heavy atom. The van der Waals surface area contributed by atoms with Crippen molar-refractivity contribution < 1.29 is 14.3 Å². The second kappa shape index (κ2) is 5.39. The number of carboxylic acid groups (broad SMARTS) is 1. The molecule has 0 saturated heterocycles. The van der Waals surface area contributed by atoms with Crippen LogP contribution in [0.4, 0.5) is 4.39 Å². The highest BCUT2D eigenvalue weighted by Crippen LogP contribution is 2.12. The molecule has 0 aromatic heterocycles. The molecular formula is C10H6FN3O2. The van der Waals surface area contributed by atoms with Gasteiger partial charge in [0.2, 0.25) is 0 Å². The Bertz CT molecular complexity index is 525. The molecule has 16 heavy (non-hydrogen) atoms. The molecule has 1 N–H and O–H groups in total. The molecule has 5 nitrogen and oxygen atoms in total. The predicted molar refractivity (Wildman–Crippen MR) is 54.3 cm³/mol. The molecule has 0 aliphatic heterocycles. The van der Waals surface area contributed by atoms with E-state index in [1.807, 2.05) is 0 Å². The van der Waals surface area contributed by atoms with Gasteiger partial charge in [-0.05, 0) is 17.7 Å². The van der Waals surface area contributed by atoms with Gasteiger partial charge in [-0.15, -0.1) is 0 Å². The third-order valence-electron chi connectivity index (χ3n) is 1.67. The van der Waals surface area contributed by atoms with E-state index in [2.05, 4.69) is 21.9 Å². The maximum atomic E-state index is 13.3. The normalized spacial score (nSPS) is 8.56. The third kappa shape index (κ3) is 2.74. The second-order valence-corrected chi connectivity index (χ2v) is 2.66. The highest BCUT2D eigenvalue weighted by atomic mass is 19.1. The number of aromatic carboxylic acids is 1. The number of nitrogens with zero attached hydrogens (tertiary/aromatic N) is 3. The van der Waals surface area contributed by atoms with Gasteiger partial charge in [-0.2, -0.15) is 0 Å². The van der Waals surface area contributed by atoms with E-state index in [9.17, 15) is 9.18 Å². The lowest BCUT2D eigenvalue weighted by Crippen LogP contribution is -2.02. The van der Waals surface area contributed by atoms with Crippen molar-refractivity contribution in [3.8, 4) is 11.8 Å². The van der Waals surface area contributed by atoms with Gasteiger partial charge in [0.25, 0.3) is 0 Å². The SMILES string of the molecule is [N-]=[N+]=NCC#Cc1c(F)cccc1C(=O)O. The lowest BCUT2D eigenvalue weighted by molar-refractivity contribution is 0.0696. The van der Waals surface area contributed by atoms with Gasteiger partial charge in [0, 0.05) is 4.91 Å². The van der Waals surface area contributed by atoms with Crippen molar-refractivity contribution >= 4 is 5.97 Å². The zero-order valence-corrected chi connectivity index (χ0v) is 8.01. The van der Waals surface area contributed by atoms with Gasteiger partial charge in [0.15, 0.2) is 0 Å². The van der Waals surface area contributed by atoms with Gasteiger partial charge < -0.3 is 5.11 Å². The van der Waals surface area contributed by atoms with Gasteiger partial charge in [0.1, 0.15) is 5.82 Å². The average Bonchev–Trinajstić information content (AvgIpc) is 2.25. The summed E-state index contributed by atoms with van der Waals surface area (Å²) in [5.74, 6) is 2.72. The maximum absolute atomic E-state index is 13.3. The molecule has 0 amide bonds. The van der Waals surface area contributed by atoms with Crippen LogP contribution in [0, 0.1) is 17.7 Å². The lowest BCUT2D eigenvalue weighted by Gasteiger charge is -1.99. The zero-order chi connectivity index (χ0) is 12.0. The van der Waals surface area contributed by atoms with Crippen LogP contribution in [0.1, 0.15) is 15.9 Å². The number of azide groups is 1. The molecule has 0 heterocycles. The van der Waals surface area contributed by atoms with Gasteiger partial charge in [-0.25, -0.2) is 9.18 Å². The van der Waals surface area contributed by atoms with E-state index in [4.69, 9.17) is 10.6 Å².